The molecule has 2 aromatic carbocycles. The number of amides is 3. The molecule has 5 rings (SSSR count). The second-order valence-electron chi connectivity index (χ2n) is 8.06. The first-order chi connectivity index (χ1) is 15.8. The third-order valence-corrected chi connectivity index (χ3v) is 6.03. The van der Waals surface area contributed by atoms with Gasteiger partial charge in [0.2, 0.25) is 0 Å². The molecule has 4 N–H and O–H groups in total. The number of aromatic hydroxyl groups is 2. The fourth-order valence-electron chi connectivity index (χ4n) is 4.35. The third kappa shape index (κ3) is 3.27. The van der Waals surface area contributed by atoms with Gasteiger partial charge in [-0.3, -0.25) is 10.1 Å². The minimum atomic E-state index is -1.45. The number of hydrogen-bond donors (Lipinski definition) is 4. The van der Waals surface area contributed by atoms with E-state index in [1.54, 1.807) is 63.0 Å². The van der Waals surface area contributed by atoms with Crippen LogP contribution in [-0.4, -0.2) is 51.0 Å². The van der Waals surface area contributed by atoms with Crippen molar-refractivity contribution in [3.8, 4) is 23.3 Å². The molecule has 1 aliphatic rings. The van der Waals surface area contributed by atoms with Gasteiger partial charge >= 0.3 is 6.03 Å². The summed E-state index contributed by atoms with van der Waals surface area (Å²) in [6, 6.07) is 9.78. The molecule has 0 radical (unpaired) electrons. The van der Waals surface area contributed by atoms with Crippen LogP contribution in [0.15, 0.2) is 48.8 Å². The highest BCUT2D eigenvalue weighted by Crippen LogP contribution is 2.34. The van der Waals surface area contributed by atoms with Gasteiger partial charge in [-0.1, -0.05) is 0 Å². The third-order valence-electron chi connectivity index (χ3n) is 6.03. The summed E-state index contributed by atoms with van der Waals surface area (Å²) in [5.74, 6) is 0.596. The predicted molar refractivity (Wildman–Crippen MR) is 120 cm³/mol. The topological polar surface area (TPSA) is 127 Å². The minimum Gasteiger partial charge on any atom is -0.497 e. The Morgan fingerprint density at radius 3 is 1.73 bits per heavy atom. The number of carbonyl (C=O) groups excluding carboxylic acids is 2. The fourth-order valence-corrected chi connectivity index (χ4v) is 4.35. The maximum absolute atomic E-state index is 12.9. The van der Waals surface area contributed by atoms with Crippen LogP contribution in [-0.2, 0) is 17.9 Å². The number of methoxy groups -OCH3 is 2. The zero-order valence-electron chi connectivity index (χ0n) is 18.0. The van der Waals surface area contributed by atoms with Crippen molar-refractivity contribution in [2.24, 2.45) is 0 Å². The molecule has 1 fully saturated rings. The number of ether oxygens (including phenoxy) is 2. The smallest absolute Gasteiger partial charge is 0.322 e. The average molecular weight is 450 g/mol. The largest absolute Gasteiger partial charge is 0.497 e. The first-order valence-corrected chi connectivity index (χ1v) is 10.2. The highest BCUT2D eigenvalue weighted by atomic mass is 16.5. The molecule has 0 atom stereocenters. The van der Waals surface area contributed by atoms with Crippen LogP contribution in [0.25, 0.3) is 21.5 Å². The van der Waals surface area contributed by atoms with Crippen LogP contribution in [0.5, 0.6) is 23.3 Å². The Bertz CT molecular complexity index is 1330. The van der Waals surface area contributed by atoms with E-state index in [9.17, 15) is 19.8 Å². The van der Waals surface area contributed by atoms with E-state index in [1.807, 2.05) is 0 Å². The summed E-state index contributed by atoms with van der Waals surface area (Å²) >= 11 is 0. The van der Waals surface area contributed by atoms with Crippen molar-refractivity contribution in [2.75, 3.05) is 14.2 Å². The van der Waals surface area contributed by atoms with Crippen LogP contribution >= 0.6 is 0 Å². The number of carbonyl (C=O) groups is 2. The summed E-state index contributed by atoms with van der Waals surface area (Å²) < 4.78 is 13.5. The lowest BCUT2D eigenvalue weighted by atomic mass is 9.99. The first kappa shape index (κ1) is 20.6. The van der Waals surface area contributed by atoms with E-state index in [-0.39, 0.29) is 24.8 Å². The molecule has 0 spiro atoms. The fraction of sp³-hybridized carbons (Fsp3) is 0.217. The maximum Gasteiger partial charge on any atom is 0.322 e. The Labute approximate surface area is 187 Å². The Morgan fingerprint density at radius 1 is 0.848 bits per heavy atom. The van der Waals surface area contributed by atoms with E-state index < -0.39 is 17.5 Å². The molecule has 0 bridgehead atoms. The highest BCUT2D eigenvalue weighted by Gasteiger charge is 2.47. The van der Waals surface area contributed by atoms with Crippen molar-refractivity contribution in [3.63, 3.8) is 0 Å². The lowest BCUT2D eigenvalue weighted by Gasteiger charge is -2.27. The molecule has 1 saturated heterocycles. The zero-order chi connectivity index (χ0) is 23.3. The maximum atomic E-state index is 12.9. The van der Waals surface area contributed by atoms with Gasteiger partial charge < -0.3 is 34.1 Å². The Balaban J connectivity index is 1.56. The monoisotopic (exact) mass is 450 g/mol. The van der Waals surface area contributed by atoms with Crippen LogP contribution in [0.1, 0.15) is 0 Å². The summed E-state index contributed by atoms with van der Waals surface area (Å²) in [6.45, 7) is -0.130. The normalized spacial score (nSPS) is 15.1. The van der Waals surface area contributed by atoms with Crippen molar-refractivity contribution in [2.45, 2.75) is 18.6 Å². The standard InChI is InChI=1S/C23H22N4O6/c1-32-15-3-5-17-13(7-15)9-26(19(17)28)11-23(21(30)24-22(31)25-23)12-27-10-14-8-16(33-2)4-6-18(14)20(27)29/h3-10,28-29H,11-12H2,1-2H3,(H2,24,25,30,31). The van der Waals surface area contributed by atoms with Crippen LogP contribution in [0.3, 0.4) is 0 Å². The summed E-state index contributed by atoms with van der Waals surface area (Å²) in [5, 5.41) is 29.1. The van der Waals surface area contributed by atoms with Crippen LogP contribution in [0.2, 0.25) is 0 Å². The van der Waals surface area contributed by atoms with Crippen molar-refractivity contribution in [1.82, 2.24) is 19.8 Å². The van der Waals surface area contributed by atoms with Gasteiger partial charge in [0.25, 0.3) is 5.91 Å². The van der Waals surface area contributed by atoms with Gasteiger partial charge in [-0.15, -0.1) is 0 Å². The minimum absolute atomic E-state index is 0.0485. The Kier molecular flexibility index (Phi) is 4.59. The number of rotatable bonds is 6. The highest BCUT2D eigenvalue weighted by molar-refractivity contribution is 6.07. The molecular weight excluding hydrogens is 428 g/mol. The summed E-state index contributed by atoms with van der Waals surface area (Å²) in [7, 11) is 3.10. The Hall–Kier alpha value is -4.34. The van der Waals surface area contributed by atoms with Gasteiger partial charge in [-0.2, -0.15) is 0 Å². The number of hydrogen-bond acceptors (Lipinski definition) is 6. The van der Waals surface area contributed by atoms with E-state index in [1.165, 1.54) is 9.13 Å². The molecule has 0 unspecified atom stereocenters. The number of imide groups is 1. The van der Waals surface area contributed by atoms with Crippen molar-refractivity contribution < 1.29 is 29.3 Å². The van der Waals surface area contributed by atoms with Gasteiger partial charge in [-0.05, 0) is 36.4 Å². The zero-order valence-corrected chi connectivity index (χ0v) is 18.0. The quantitative estimate of drug-likeness (QED) is 0.334. The number of urea groups is 1. The second-order valence-corrected chi connectivity index (χ2v) is 8.06. The summed E-state index contributed by atoms with van der Waals surface area (Å²) in [6.07, 6.45) is 3.37. The van der Waals surface area contributed by atoms with E-state index in [4.69, 9.17) is 9.47 Å². The number of fused-ring (bicyclic) bond motifs is 2. The molecule has 2 aromatic heterocycles. The lowest BCUT2D eigenvalue weighted by molar-refractivity contribution is -0.125. The predicted octanol–water partition coefficient (Wildman–Crippen LogP) is 2.30. The number of nitrogens with one attached hydrogen (secondary N) is 2. The molecule has 3 amide bonds. The molecule has 0 saturated carbocycles. The van der Waals surface area contributed by atoms with Gasteiger partial charge in [0.05, 0.1) is 27.3 Å². The van der Waals surface area contributed by atoms with Crippen molar-refractivity contribution >= 4 is 33.5 Å². The SMILES string of the molecule is COc1ccc2c(O)n(CC3(Cn4cc5cc(OC)ccc5c4O)NC(=O)NC3=O)cc2c1. The molecule has 4 aromatic rings. The number of benzene rings is 2. The lowest BCUT2D eigenvalue weighted by Crippen LogP contribution is -2.53. The van der Waals surface area contributed by atoms with E-state index in [2.05, 4.69) is 10.6 Å². The van der Waals surface area contributed by atoms with Crippen LogP contribution < -0.4 is 20.1 Å². The van der Waals surface area contributed by atoms with Crippen molar-refractivity contribution in [1.29, 1.82) is 0 Å². The molecule has 33 heavy (non-hydrogen) atoms. The van der Waals surface area contributed by atoms with Crippen LogP contribution in [0, 0.1) is 0 Å². The molecular formula is C23H22N4O6. The van der Waals surface area contributed by atoms with Gasteiger partial charge in [0.1, 0.15) is 11.5 Å². The van der Waals surface area contributed by atoms with Gasteiger partial charge in [0, 0.05) is 33.9 Å². The molecule has 3 heterocycles. The first-order valence-electron chi connectivity index (χ1n) is 10.2. The van der Waals surface area contributed by atoms with E-state index in [0.29, 0.717) is 33.0 Å². The molecule has 10 heteroatoms. The van der Waals surface area contributed by atoms with Crippen molar-refractivity contribution in [3.05, 3.63) is 48.8 Å². The molecule has 170 valence electrons. The molecule has 0 aliphatic carbocycles. The number of aromatic nitrogens is 2. The van der Waals surface area contributed by atoms with Crippen LogP contribution in [0.4, 0.5) is 4.79 Å². The summed E-state index contributed by atoms with van der Waals surface area (Å²) in [5.41, 5.74) is -1.45. The molecule has 1 aliphatic heterocycles. The van der Waals surface area contributed by atoms with E-state index in [0.717, 1.165) is 0 Å². The van der Waals surface area contributed by atoms with Gasteiger partial charge in [0.15, 0.2) is 17.3 Å². The Morgan fingerprint density at radius 2 is 1.33 bits per heavy atom. The summed E-state index contributed by atoms with van der Waals surface area (Å²) in [4.78, 5) is 25.1. The van der Waals surface area contributed by atoms with E-state index >= 15 is 0 Å². The number of nitrogens with zero attached hydrogens (tertiary/aromatic N) is 2. The second kappa shape index (κ2) is 7.37. The molecule has 10 nitrogen and oxygen atoms in total. The average Bonchev–Trinajstić information content (AvgIpc) is 3.38. The van der Waals surface area contributed by atoms with Gasteiger partial charge in [-0.25, -0.2) is 4.79 Å².